The smallest absolute Gasteiger partial charge is 0.407 e. The van der Waals surface area contributed by atoms with Crippen molar-refractivity contribution >= 4 is 17.1 Å². The van der Waals surface area contributed by atoms with Crippen LogP contribution >= 0.6 is 0 Å². The Morgan fingerprint density at radius 1 is 1.48 bits per heavy atom. The molecule has 1 saturated carbocycles. The molecular weight excluding hydrogens is 266 g/mol. The molecule has 2 aromatic rings. The van der Waals surface area contributed by atoms with E-state index in [0.717, 1.165) is 11.9 Å². The number of hydrogen-bond donors (Lipinski definition) is 1. The van der Waals surface area contributed by atoms with Gasteiger partial charge < -0.3 is 14.6 Å². The number of fused-ring (bicyclic) bond motifs is 1. The van der Waals surface area contributed by atoms with Crippen molar-refractivity contribution in [2.75, 3.05) is 13.2 Å². The number of aryl methyl sites for hydroxylation is 1. The van der Waals surface area contributed by atoms with Crippen LogP contribution in [0.5, 0.6) is 0 Å². The van der Waals surface area contributed by atoms with Crippen LogP contribution in [-0.2, 0) is 18.2 Å². The topological polar surface area (TPSA) is 56.1 Å². The summed E-state index contributed by atoms with van der Waals surface area (Å²) in [6.07, 6.45) is 2.94. The Bertz CT molecular complexity index is 659. The average molecular weight is 287 g/mol. The minimum Gasteiger partial charge on any atom is -0.450 e. The second-order valence-electron chi connectivity index (χ2n) is 5.52. The summed E-state index contributed by atoms with van der Waals surface area (Å²) >= 11 is 0. The fraction of sp³-hybridized carbons (Fsp3) is 0.500. The van der Waals surface area contributed by atoms with Crippen molar-refractivity contribution in [2.45, 2.75) is 32.1 Å². The first-order valence-corrected chi connectivity index (χ1v) is 7.55. The summed E-state index contributed by atoms with van der Waals surface area (Å²) in [6, 6.07) is 6.34. The number of benzene rings is 1. The van der Waals surface area contributed by atoms with Crippen LogP contribution in [0.4, 0.5) is 4.79 Å². The summed E-state index contributed by atoms with van der Waals surface area (Å²) in [7, 11) is 2.09. The Hall–Kier alpha value is -2.04. The number of nitrogens with zero attached hydrogens (tertiary/aromatic N) is 2. The highest BCUT2D eigenvalue weighted by molar-refractivity contribution is 5.77. The molecule has 0 atom stereocenters. The molecule has 0 spiro atoms. The van der Waals surface area contributed by atoms with Crippen LogP contribution in [0.3, 0.4) is 0 Å². The molecule has 1 fully saturated rings. The van der Waals surface area contributed by atoms with Crippen molar-refractivity contribution in [1.29, 1.82) is 0 Å². The zero-order chi connectivity index (χ0) is 14.8. The fourth-order valence-electron chi connectivity index (χ4n) is 2.62. The lowest BCUT2D eigenvalue weighted by Gasteiger charge is -2.05. The highest BCUT2D eigenvalue weighted by atomic mass is 16.5. The zero-order valence-electron chi connectivity index (χ0n) is 12.6. The third-order valence-corrected chi connectivity index (χ3v) is 3.88. The summed E-state index contributed by atoms with van der Waals surface area (Å²) in [5.41, 5.74) is 3.41. The molecule has 1 aromatic heterocycles. The normalized spacial score (nSPS) is 14.4. The van der Waals surface area contributed by atoms with E-state index in [1.807, 2.05) is 0 Å². The van der Waals surface area contributed by atoms with Crippen LogP contribution in [-0.4, -0.2) is 28.8 Å². The monoisotopic (exact) mass is 287 g/mol. The van der Waals surface area contributed by atoms with Gasteiger partial charge in [0.1, 0.15) is 5.82 Å². The quantitative estimate of drug-likeness (QED) is 0.920. The zero-order valence-corrected chi connectivity index (χ0v) is 12.6. The molecule has 112 valence electrons. The minimum atomic E-state index is -0.354. The van der Waals surface area contributed by atoms with E-state index < -0.39 is 0 Å². The maximum Gasteiger partial charge on any atom is 0.407 e. The van der Waals surface area contributed by atoms with Crippen molar-refractivity contribution < 1.29 is 9.53 Å². The number of carbonyl (C=O) groups excluding carboxylic acids is 1. The molecule has 1 aliphatic rings. The first-order chi connectivity index (χ1) is 10.2. The van der Waals surface area contributed by atoms with Gasteiger partial charge in [0.25, 0.3) is 0 Å². The van der Waals surface area contributed by atoms with E-state index in [9.17, 15) is 4.79 Å². The largest absolute Gasteiger partial charge is 0.450 e. The number of alkyl carbamates (subject to hydrolysis) is 1. The summed E-state index contributed by atoms with van der Waals surface area (Å²) < 4.78 is 7.04. The lowest BCUT2D eigenvalue weighted by molar-refractivity contribution is 0.152. The molecule has 0 saturated heterocycles. The van der Waals surface area contributed by atoms with E-state index in [4.69, 9.17) is 9.72 Å². The summed E-state index contributed by atoms with van der Waals surface area (Å²) in [5, 5.41) is 2.74. The van der Waals surface area contributed by atoms with Gasteiger partial charge in [-0.3, -0.25) is 0 Å². The van der Waals surface area contributed by atoms with Crippen LogP contribution < -0.4 is 5.32 Å². The standard InChI is InChI=1S/C16H21N3O2/c1-3-21-16(20)17-9-8-11-4-7-14-13(10-11)18-15(19(14)2)12-5-6-12/h4,7,10,12H,3,5-6,8-9H2,1-2H3,(H,17,20). The van der Waals surface area contributed by atoms with Crippen LogP contribution in [0.25, 0.3) is 11.0 Å². The van der Waals surface area contributed by atoms with E-state index in [2.05, 4.69) is 35.1 Å². The van der Waals surface area contributed by atoms with Crippen molar-refractivity contribution in [3.63, 3.8) is 0 Å². The molecule has 1 heterocycles. The van der Waals surface area contributed by atoms with Gasteiger partial charge in [0.05, 0.1) is 17.6 Å². The Balaban J connectivity index is 1.68. The number of amides is 1. The van der Waals surface area contributed by atoms with Gasteiger partial charge in [-0.2, -0.15) is 0 Å². The highest BCUT2D eigenvalue weighted by Gasteiger charge is 2.28. The number of imidazole rings is 1. The highest BCUT2D eigenvalue weighted by Crippen LogP contribution is 2.40. The Morgan fingerprint density at radius 3 is 3.00 bits per heavy atom. The third kappa shape index (κ3) is 3.01. The SMILES string of the molecule is CCOC(=O)NCCc1ccc2c(c1)nc(C1CC1)n2C. The molecule has 0 unspecified atom stereocenters. The number of aromatic nitrogens is 2. The molecular formula is C16H21N3O2. The van der Waals surface area contributed by atoms with Crippen LogP contribution in [0.2, 0.25) is 0 Å². The van der Waals surface area contributed by atoms with Crippen molar-refractivity contribution in [3.05, 3.63) is 29.6 Å². The Morgan fingerprint density at radius 2 is 2.29 bits per heavy atom. The van der Waals surface area contributed by atoms with Gasteiger partial charge >= 0.3 is 6.09 Å². The van der Waals surface area contributed by atoms with E-state index >= 15 is 0 Å². The van der Waals surface area contributed by atoms with Gasteiger partial charge in [-0.05, 0) is 43.9 Å². The predicted octanol–water partition coefficient (Wildman–Crippen LogP) is 2.74. The maximum absolute atomic E-state index is 11.2. The first-order valence-electron chi connectivity index (χ1n) is 7.55. The molecule has 0 aliphatic heterocycles. The Labute approximate surface area is 124 Å². The van der Waals surface area contributed by atoms with Gasteiger partial charge in [-0.1, -0.05) is 6.07 Å². The van der Waals surface area contributed by atoms with Gasteiger partial charge in [0, 0.05) is 19.5 Å². The van der Waals surface area contributed by atoms with Crippen molar-refractivity contribution in [2.24, 2.45) is 7.05 Å². The van der Waals surface area contributed by atoms with E-state index in [1.54, 1.807) is 6.92 Å². The second-order valence-corrected chi connectivity index (χ2v) is 5.52. The number of carbonyl (C=O) groups is 1. The molecule has 1 N–H and O–H groups in total. The van der Waals surface area contributed by atoms with Crippen LogP contribution in [0, 0.1) is 0 Å². The summed E-state index contributed by atoms with van der Waals surface area (Å²) in [5.74, 6) is 1.85. The van der Waals surface area contributed by atoms with Crippen molar-refractivity contribution in [1.82, 2.24) is 14.9 Å². The first kappa shape index (κ1) is 13.9. The molecule has 0 bridgehead atoms. The number of rotatable bonds is 5. The van der Waals surface area contributed by atoms with E-state index in [1.165, 1.54) is 29.7 Å². The molecule has 5 nitrogen and oxygen atoms in total. The third-order valence-electron chi connectivity index (χ3n) is 3.88. The van der Waals surface area contributed by atoms with Crippen molar-refractivity contribution in [3.8, 4) is 0 Å². The van der Waals surface area contributed by atoms with Crippen LogP contribution in [0.15, 0.2) is 18.2 Å². The summed E-state index contributed by atoms with van der Waals surface area (Å²) in [4.78, 5) is 16.0. The molecule has 3 rings (SSSR count). The molecule has 1 amide bonds. The number of ether oxygens (including phenoxy) is 1. The van der Waals surface area contributed by atoms with Crippen LogP contribution in [0.1, 0.15) is 37.1 Å². The number of nitrogens with one attached hydrogen (secondary N) is 1. The fourth-order valence-corrected chi connectivity index (χ4v) is 2.62. The average Bonchev–Trinajstić information content (AvgIpc) is 3.25. The molecule has 5 heteroatoms. The Kier molecular flexibility index (Phi) is 3.82. The van der Waals surface area contributed by atoms with Gasteiger partial charge in [0.15, 0.2) is 0 Å². The lowest BCUT2D eigenvalue weighted by Crippen LogP contribution is -2.26. The van der Waals surface area contributed by atoms with E-state index in [-0.39, 0.29) is 6.09 Å². The van der Waals surface area contributed by atoms with Gasteiger partial charge in [-0.25, -0.2) is 9.78 Å². The second kappa shape index (κ2) is 5.76. The lowest BCUT2D eigenvalue weighted by atomic mass is 10.1. The predicted molar refractivity (Wildman–Crippen MR) is 81.4 cm³/mol. The molecule has 1 aliphatic carbocycles. The maximum atomic E-state index is 11.2. The minimum absolute atomic E-state index is 0.354. The van der Waals surface area contributed by atoms with E-state index in [0.29, 0.717) is 19.1 Å². The molecule has 1 aromatic carbocycles. The van der Waals surface area contributed by atoms with Gasteiger partial charge in [-0.15, -0.1) is 0 Å². The molecule has 21 heavy (non-hydrogen) atoms. The summed E-state index contributed by atoms with van der Waals surface area (Å²) in [6.45, 7) is 2.77. The van der Waals surface area contributed by atoms with Gasteiger partial charge in [0.2, 0.25) is 0 Å². The number of hydrogen-bond acceptors (Lipinski definition) is 3. The molecule has 0 radical (unpaired) electrons.